The second-order valence-electron chi connectivity index (χ2n) is 3.90. The van der Waals surface area contributed by atoms with Crippen LogP contribution in [0.1, 0.15) is 16.1 Å². The van der Waals surface area contributed by atoms with Gasteiger partial charge in [0.1, 0.15) is 0 Å². The lowest BCUT2D eigenvalue weighted by Crippen LogP contribution is -2.23. The van der Waals surface area contributed by atoms with Crippen molar-refractivity contribution in [3.8, 4) is 0 Å². The largest absolute Gasteiger partial charge is 0.453 e. The summed E-state index contributed by atoms with van der Waals surface area (Å²) in [6.45, 7) is 0.162. The third kappa shape index (κ3) is 3.10. The van der Waals surface area contributed by atoms with Crippen LogP contribution in [0.3, 0.4) is 0 Å². The van der Waals surface area contributed by atoms with Gasteiger partial charge in [-0.05, 0) is 12.1 Å². The van der Waals surface area contributed by atoms with E-state index in [0.29, 0.717) is 16.9 Å². The van der Waals surface area contributed by atoms with Gasteiger partial charge in [-0.25, -0.2) is 9.48 Å². The predicted octanol–water partition coefficient (Wildman–Crippen LogP) is 0.405. The van der Waals surface area contributed by atoms with E-state index in [1.165, 1.54) is 25.7 Å². The molecule has 20 heavy (non-hydrogen) atoms. The predicted molar refractivity (Wildman–Crippen MR) is 69.8 cm³/mol. The minimum absolute atomic E-state index is 0.162. The summed E-state index contributed by atoms with van der Waals surface area (Å²) in [5.41, 5.74) is 6.84. The lowest BCUT2D eigenvalue weighted by molar-refractivity contribution is 0.0945. The molecule has 0 saturated carbocycles. The second-order valence-corrected chi connectivity index (χ2v) is 3.90. The third-order valence-corrected chi connectivity index (χ3v) is 2.47. The minimum atomic E-state index is -0.566. The van der Waals surface area contributed by atoms with Crippen LogP contribution in [0, 0.1) is 0 Å². The van der Waals surface area contributed by atoms with Crippen molar-refractivity contribution in [3.63, 3.8) is 0 Å². The maximum atomic E-state index is 12.1. The van der Waals surface area contributed by atoms with Gasteiger partial charge in [-0.1, -0.05) is 0 Å². The molecule has 0 aliphatic heterocycles. The van der Waals surface area contributed by atoms with Crippen molar-refractivity contribution in [1.82, 2.24) is 20.1 Å². The van der Waals surface area contributed by atoms with Gasteiger partial charge >= 0.3 is 6.09 Å². The first-order valence-corrected chi connectivity index (χ1v) is 5.71. The number of aromatic nitrogens is 3. The van der Waals surface area contributed by atoms with E-state index in [1.807, 2.05) is 0 Å². The lowest BCUT2D eigenvalue weighted by Gasteiger charge is -2.05. The van der Waals surface area contributed by atoms with E-state index in [0.717, 1.165) is 4.68 Å². The molecule has 0 unspecified atom stereocenters. The van der Waals surface area contributed by atoms with Crippen molar-refractivity contribution in [2.24, 2.45) is 0 Å². The Morgan fingerprint density at radius 3 is 2.95 bits per heavy atom. The fourth-order valence-electron chi connectivity index (χ4n) is 1.52. The lowest BCUT2D eigenvalue weighted by atomic mass is 10.2. The molecule has 8 nitrogen and oxygen atoms in total. The highest BCUT2D eigenvalue weighted by atomic mass is 16.5. The summed E-state index contributed by atoms with van der Waals surface area (Å²) in [4.78, 5) is 27.1. The zero-order valence-corrected chi connectivity index (χ0v) is 10.7. The minimum Gasteiger partial charge on any atom is -0.453 e. The summed E-state index contributed by atoms with van der Waals surface area (Å²) in [5, 5.41) is 6.32. The molecule has 2 aromatic heterocycles. The van der Waals surface area contributed by atoms with Gasteiger partial charge in [-0.15, -0.1) is 0 Å². The Morgan fingerprint density at radius 1 is 1.50 bits per heavy atom. The van der Waals surface area contributed by atoms with Gasteiger partial charge in [0.05, 0.1) is 37.4 Å². The van der Waals surface area contributed by atoms with Crippen LogP contribution in [0.15, 0.2) is 30.7 Å². The van der Waals surface area contributed by atoms with Crippen molar-refractivity contribution in [3.05, 3.63) is 42.0 Å². The number of ether oxygens (including phenoxy) is 1. The molecule has 0 bridgehead atoms. The van der Waals surface area contributed by atoms with Crippen LogP contribution < -0.4 is 11.1 Å². The normalized spacial score (nSPS) is 10.1. The molecule has 2 aromatic rings. The number of pyridine rings is 1. The van der Waals surface area contributed by atoms with Crippen molar-refractivity contribution in [2.75, 3.05) is 12.8 Å². The Bertz CT molecular complexity index is 638. The van der Waals surface area contributed by atoms with E-state index in [4.69, 9.17) is 5.73 Å². The molecule has 2 rings (SSSR count). The Balaban J connectivity index is 2.13. The summed E-state index contributed by atoms with van der Waals surface area (Å²) < 4.78 is 5.59. The highest BCUT2D eigenvalue weighted by Crippen LogP contribution is 2.06. The Kier molecular flexibility index (Phi) is 3.94. The highest BCUT2D eigenvalue weighted by Gasteiger charge is 2.11. The number of nitrogens with zero attached hydrogens (tertiary/aromatic N) is 3. The molecule has 0 aliphatic rings. The molecule has 2 heterocycles. The zero-order chi connectivity index (χ0) is 14.5. The van der Waals surface area contributed by atoms with Crippen LogP contribution in [0.25, 0.3) is 0 Å². The average molecular weight is 275 g/mol. The van der Waals surface area contributed by atoms with Crippen LogP contribution >= 0.6 is 0 Å². The summed E-state index contributed by atoms with van der Waals surface area (Å²) in [5.74, 6) is -0.330. The molecular weight excluding hydrogens is 262 g/mol. The Morgan fingerprint density at radius 2 is 2.30 bits per heavy atom. The molecule has 8 heteroatoms. The van der Waals surface area contributed by atoms with Crippen LogP contribution in [0.2, 0.25) is 0 Å². The standard InChI is InChI=1S/C12H13N5O3/c1-20-12(19)15-6-10-4-8(2-3-14-10)11(18)17-7-9(13)5-16-17/h2-5,7H,6,13H2,1H3,(H,15,19). The summed E-state index contributed by atoms with van der Waals surface area (Å²) in [6, 6.07) is 3.12. The van der Waals surface area contributed by atoms with E-state index < -0.39 is 6.09 Å². The molecule has 0 spiro atoms. The van der Waals surface area contributed by atoms with E-state index in [-0.39, 0.29) is 12.5 Å². The molecule has 0 aromatic carbocycles. The Hall–Kier alpha value is -2.90. The molecule has 1 amide bonds. The highest BCUT2D eigenvalue weighted by molar-refractivity contribution is 5.95. The van der Waals surface area contributed by atoms with Crippen LogP contribution in [-0.2, 0) is 11.3 Å². The maximum Gasteiger partial charge on any atom is 0.407 e. The van der Waals surface area contributed by atoms with Gasteiger partial charge in [0.15, 0.2) is 0 Å². The Labute approximate surface area is 114 Å². The number of nitrogen functional groups attached to an aromatic ring is 1. The van der Waals surface area contributed by atoms with Gasteiger partial charge in [-0.2, -0.15) is 5.10 Å². The fraction of sp³-hybridized carbons (Fsp3) is 0.167. The molecule has 0 aliphatic carbocycles. The number of hydrogen-bond acceptors (Lipinski definition) is 6. The first-order chi connectivity index (χ1) is 9.60. The van der Waals surface area contributed by atoms with E-state index in [2.05, 4.69) is 20.1 Å². The van der Waals surface area contributed by atoms with Gasteiger partial charge in [0.2, 0.25) is 0 Å². The summed E-state index contributed by atoms with van der Waals surface area (Å²) >= 11 is 0. The molecule has 0 atom stereocenters. The van der Waals surface area contributed by atoms with Crippen LogP contribution in [-0.4, -0.2) is 33.9 Å². The van der Waals surface area contributed by atoms with Crippen molar-refractivity contribution in [2.45, 2.75) is 6.54 Å². The first kappa shape index (κ1) is 13.5. The number of anilines is 1. The van der Waals surface area contributed by atoms with E-state index >= 15 is 0 Å². The fourth-order valence-corrected chi connectivity index (χ4v) is 1.52. The number of rotatable bonds is 3. The number of nitrogens with two attached hydrogens (primary N) is 1. The molecule has 0 radical (unpaired) electrons. The number of carbonyl (C=O) groups excluding carboxylic acids is 2. The second kappa shape index (κ2) is 5.83. The van der Waals surface area contributed by atoms with Gasteiger partial charge in [-0.3, -0.25) is 9.78 Å². The zero-order valence-electron chi connectivity index (χ0n) is 10.7. The van der Waals surface area contributed by atoms with Crippen molar-refractivity contribution < 1.29 is 14.3 Å². The van der Waals surface area contributed by atoms with E-state index in [1.54, 1.807) is 12.1 Å². The number of amides is 1. The quantitative estimate of drug-likeness (QED) is 0.838. The molecular formula is C12H13N5O3. The number of methoxy groups -OCH3 is 1. The number of nitrogens with one attached hydrogen (secondary N) is 1. The van der Waals surface area contributed by atoms with Gasteiger partial charge < -0.3 is 15.8 Å². The molecule has 0 saturated heterocycles. The van der Waals surface area contributed by atoms with Crippen molar-refractivity contribution >= 4 is 17.7 Å². The van der Waals surface area contributed by atoms with Crippen molar-refractivity contribution in [1.29, 1.82) is 0 Å². The first-order valence-electron chi connectivity index (χ1n) is 5.71. The third-order valence-electron chi connectivity index (χ3n) is 2.47. The molecule has 3 N–H and O–H groups in total. The smallest absolute Gasteiger partial charge is 0.407 e. The maximum absolute atomic E-state index is 12.1. The topological polar surface area (TPSA) is 112 Å². The summed E-state index contributed by atoms with van der Waals surface area (Å²) in [6.07, 6.45) is 3.73. The van der Waals surface area contributed by atoms with Gasteiger partial charge in [0, 0.05) is 11.8 Å². The number of hydrogen-bond donors (Lipinski definition) is 2. The monoisotopic (exact) mass is 275 g/mol. The summed E-state index contributed by atoms with van der Waals surface area (Å²) in [7, 11) is 1.27. The van der Waals surface area contributed by atoms with Gasteiger partial charge in [0.25, 0.3) is 5.91 Å². The average Bonchev–Trinajstić information content (AvgIpc) is 2.90. The van der Waals surface area contributed by atoms with Crippen LogP contribution in [0.4, 0.5) is 10.5 Å². The number of alkyl carbamates (subject to hydrolysis) is 1. The van der Waals surface area contributed by atoms with E-state index in [9.17, 15) is 9.59 Å². The molecule has 104 valence electrons. The van der Waals surface area contributed by atoms with Crippen LogP contribution in [0.5, 0.6) is 0 Å². The SMILES string of the molecule is COC(=O)NCc1cc(C(=O)n2cc(N)cn2)ccn1. The number of carbonyl (C=O) groups is 2. The molecule has 0 fully saturated rings.